The van der Waals surface area contributed by atoms with Gasteiger partial charge in [0.2, 0.25) is 11.5 Å². The maximum atomic E-state index is 5.48. The molecule has 7 nitrogen and oxygen atoms in total. The van der Waals surface area contributed by atoms with Gasteiger partial charge in [-0.2, -0.15) is 16.7 Å². The smallest absolute Gasteiger partial charge is 0.284 e. The summed E-state index contributed by atoms with van der Waals surface area (Å²) in [6.45, 7) is 2.06. The molecule has 0 bridgehead atoms. The number of aromatic nitrogens is 4. The Morgan fingerprint density at radius 3 is 2.87 bits per heavy atom. The Kier molecular flexibility index (Phi) is 2.86. The first-order valence-electron chi connectivity index (χ1n) is 4.30. The standard InChI is InChI=1S/C7H9N5O2S/c1-2-15-3-4-9-7(13-10-4)5-6(8)12-14-11-5/h2-3H2,1H3,(H2,8,12). The van der Waals surface area contributed by atoms with Crippen LogP contribution in [-0.4, -0.2) is 26.2 Å². The zero-order valence-electron chi connectivity index (χ0n) is 8.01. The maximum absolute atomic E-state index is 5.48. The third-order valence-electron chi connectivity index (χ3n) is 1.62. The van der Waals surface area contributed by atoms with E-state index in [1.54, 1.807) is 11.8 Å². The van der Waals surface area contributed by atoms with Gasteiger partial charge < -0.3 is 10.3 Å². The number of anilines is 1. The molecule has 2 aromatic rings. The Labute approximate surface area is 89.4 Å². The monoisotopic (exact) mass is 227 g/mol. The molecule has 2 aromatic heterocycles. The lowest BCUT2D eigenvalue weighted by Crippen LogP contribution is -1.89. The summed E-state index contributed by atoms with van der Waals surface area (Å²) in [5.41, 5.74) is 5.77. The molecule has 2 heterocycles. The summed E-state index contributed by atoms with van der Waals surface area (Å²) >= 11 is 1.70. The van der Waals surface area contributed by atoms with E-state index in [2.05, 4.69) is 32.0 Å². The van der Waals surface area contributed by atoms with E-state index in [0.717, 1.165) is 5.75 Å². The molecule has 0 unspecified atom stereocenters. The summed E-state index contributed by atoms with van der Waals surface area (Å²) in [5, 5.41) is 10.8. The van der Waals surface area contributed by atoms with Crippen molar-refractivity contribution in [1.82, 2.24) is 20.5 Å². The zero-order chi connectivity index (χ0) is 10.7. The molecule has 2 N–H and O–H groups in total. The second-order valence-corrected chi connectivity index (χ2v) is 3.93. The van der Waals surface area contributed by atoms with Crippen LogP contribution < -0.4 is 5.73 Å². The third-order valence-corrected chi connectivity index (χ3v) is 2.49. The number of rotatable bonds is 4. The minimum atomic E-state index is 0.147. The SMILES string of the molecule is CCSCc1noc(-c2nonc2N)n1. The fraction of sp³-hybridized carbons (Fsp3) is 0.429. The van der Waals surface area contributed by atoms with Gasteiger partial charge >= 0.3 is 0 Å². The molecule has 0 atom stereocenters. The van der Waals surface area contributed by atoms with Gasteiger partial charge in [-0.05, 0) is 16.1 Å². The van der Waals surface area contributed by atoms with Crippen LogP contribution in [0.15, 0.2) is 9.15 Å². The first-order valence-corrected chi connectivity index (χ1v) is 5.45. The van der Waals surface area contributed by atoms with E-state index in [1.165, 1.54) is 0 Å². The van der Waals surface area contributed by atoms with Crippen LogP contribution in [0.1, 0.15) is 12.7 Å². The average molecular weight is 227 g/mol. The van der Waals surface area contributed by atoms with Gasteiger partial charge in [-0.15, -0.1) is 0 Å². The van der Waals surface area contributed by atoms with Gasteiger partial charge in [0.1, 0.15) is 0 Å². The van der Waals surface area contributed by atoms with Crippen LogP contribution in [0.5, 0.6) is 0 Å². The van der Waals surface area contributed by atoms with Crippen molar-refractivity contribution in [3.8, 4) is 11.6 Å². The van der Waals surface area contributed by atoms with E-state index < -0.39 is 0 Å². The van der Waals surface area contributed by atoms with Crippen molar-refractivity contribution in [2.75, 3.05) is 11.5 Å². The summed E-state index contributed by atoms with van der Waals surface area (Å²) in [6.07, 6.45) is 0. The Hall–Kier alpha value is -1.57. The van der Waals surface area contributed by atoms with Gasteiger partial charge in [0.05, 0.1) is 5.75 Å². The molecule has 0 radical (unpaired) electrons. The first kappa shape index (κ1) is 9.97. The molecule has 0 aromatic carbocycles. The van der Waals surface area contributed by atoms with Gasteiger partial charge in [0.25, 0.3) is 5.89 Å². The Morgan fingerprint density at radius 2 is 2.20 bits per heavy atom. The molecule has 0 amide bonds. The summed E-state index contributed by atoms with van der Waals surface area (Å²) in [5.74, 6) is 2.69. The minimum absolute atomic E-state index is 0.147. The molecule has 0 saturated carbocycles. The Morgan fingerprint density at radius 1 is 1.33 bits per heavy atom. The highest BCUT2D eigenvalue weighted by Gasteiger charge is 2.16. The molecule has 2 rings (SSSR count). The zero-order valence-corrected chi connectivity index (χ0v) is 8.82. The molecular formula is C7H9N5O2S. The molecular weight excluding hydrogens is 218 g/mol. The Bertz CT molecular complexity index is 440. The van der Waals surface area contributed by atoms with E-state index in [0.29, 0.717) is 11.6 Å². The molecule has 0 aliphatic rings. The highest BCUT2D eigenvalue weighted by Crippen LogP contribution is 2.20. The summed E-state index contributed by atoms with van der Waals surface area (Å²) in [7, 11) is 0. The van der Waals surface area contributed by atoms with Gasteiger partial charge in [0, 0.05) is 0 Å². The lowest BCUT2D eigenvalue weighted by molar-refractivity contribution is 0.308. The van der Waals surface area contributed by atoms with Gasteiger partial charge in [0.15, 0.2) is 5.82 Å². The highest BCUT2D eigenvalue weighted by molar-refractivity contribution is 7.98. The molecule has 0 aliphatic heterocycles. The van der Waals surface area contributed by atoms with Crippen molar-refractivity contribution >= 4 is 17.6 Å². The highest BCUT2D eigenvalue weighted by atomic mass is 32.2. The van der Waals surface area contributed by atoms with Crippen LogP contribution in [0, 0.1) is 0 Å². The van der Waals surface area contributed by atoms with Crippen LogP contribution in [0.4, 0.5) is 5.82 Å². The summed E-state index contributed by atoms with van der Waals surface area (Å²) < 4.78 is 9.40. The van der Waals surface area contributed by atoms with Crippen LogP contribution in [0.2, 0.25) is 0 Å². The number of thioether (sulfide) groups is 1. The molecule has 0 saturated heterocycles. The number of nitrogens with two attached hydrogens (primary N) is 1. The molecule has 80 valence electrons. The third kappa shape index (κ3) is 2.09. The van der Waals surface area contributed by atoms with E-state index in [-0.39, 0.29) is 17.4 Å². The van der Waals surface area contributed by atoms with Gasteiger partial charge in [-0.1, -0.05) is 12.1 Å². The van der Waals surface area contributed by atoms with Crippen molar-refractivity contribution in [2.24, 2.45) is 0 Å². The number of hydrogen-bond donors (Lipinski definition) is 1. The van der Waals surface area contributed by atoms with E-state index >= 15 is 0 Å². The van der Waals surface area contributed by atoms with Crippen LogP contribution in [0.3, 0.4) is 0 Å². The largest absolute Gasteiger partial charge is 0.379 e. The predicted octanol–water partition coefficient (Wildman–Crippen LogP) is 0.955. The average Bonchev–Trinajstić information content (AvgIpc) is 2.83. The van der Waals surface area contributed by atoms with E-state index in [9.17, 15) is 0 Å². The second-order valence-electron chi connectivity index (χ2n) is 2.65. The second kappa shape index (κ2) is 4.30. The maximum Gasteiger partial charge on any atom is 0.284 e. The van der Waals surface area contributed by atoms with Crippen molar-refractivity contribution < 1.29 is 9.15 Å². The fourth-order valence-corrected chi connectivity index (χ4v) is 1.45. The number of hydrogen-bond acceptors (Lipinski definition) is 8. The van der Waals surface area contributed by atoms with Gasteiger partial charge in [-0.25, -0.2) is 4.63 Å². The minimum Gasteiger partial charge on any atom is -0.379 e. The van der Waals surface area contributed by atoms with Gasteiger partial charge in [-0.3, -0.25) is 0 Å². The number of nitrogens with zero attached hydrogens (tertiary/aromatic N) is 4. The molecule has 0 aliphatic carbocycles. The first-order chi connectivity index (χ1) is 7.31. The molecule has 15 heavy (non-hydrogen) atoms. The van der Waals surface area contributed by atoms with E-state index in [4.69, 9.17) is 10.3 Å². The van der Waals surface area contributed by atoms with Crippen LogP contribution >= 0.6 is 11.8 Å². The number of nitrogen functional groups attached to an aromatic ring is 1. The summed E-state index contributed by atoms with van der Waals surface area (Å²) in [6, 6.07) is 0. The lowest BCUT2D eigenvalue weighted by atomic mass is 10.4. The molecule has 0 spiro atoms. The fourth-order valence-electron chi connectivity index (χ4n) is 0.946. The van der Waals surface area contributed by atoms with Crippen LogP contribution in [0.25, 0.3) is 11.6 Å². The normalized spacial score (nSPS) is 10.7. The van der Waals surface area contributed by atoms with Crippen molar-refractivity contribution in [2.45, 2.75) is 12.7 Å². The topological polar surface area (TPSA) is 104 Å². The van der Waals surface area contributed by atoms with E-state index in [1.807, 2.05) is 0 Å². The predicted molar refractivity (Wildman–Crippen MR) is 53.8 cm³/mol. The quantitative estimate of drug-likeness (QED) is 0.823. The van der Waals surface area contributed by atoms with Crippen molar-refractivity contribution in [3.05, 3.63) is 5.82 Å². The Balaban J connectivity index is 2.17. The molecule has 0 fully saturated rings. The molecule has 8 heteroatoms. The summed E-state index contributed by atoms with van der Waals surface area (Å²) in [4.78, 5) is 4.11. The van der Waals surface area contributed by atoms with Crippen molar-refractivity contribution in [3.63, 3.8) is 0 Å². The van der Waals surface area contributed by atoms with Crippen molar-refractivity contribution in [1.29, 1.82) is 0 Å². The van der Waals surface area contributed by atoms with Crippen LogP contribution in [-0.2, 0) is 5.75 Å². The lowest BCUT2D eigenvalue weighted by Gasteiger charge is -1.88.